The second kappa shape index (κ2) is 3.83. The summed E-state index contributed by atoms with van der Waals surface area (Å²) in [5, 5.41) is 0. The molecule has 2 rings (SSSR count). The number of nitrogens with zero attached hydrogens (tertiary/aromatic N) is 2. The van der Waals surface area contributed by atoms with E-state index in [1.54, 1.807) is 6.20 Å². The molecule has 0 saturated heterocycles. The zero-order chi connectivity index (χ0) is 10.9. The molecule has 0 aliphatic rings. The number of halogens is 1. The fourth-order valence-corrected chi connectivity index (χ4v) is 2.02. The van der Waals surface area contributed by atoms with Crippen molar-refractivity contribution in [3.05, 3.63) is 36.3 Å². The summed E-state index contributed by atoms with van der Waals surface area (Å²) in [4.78, 5) is 4.26. The van der Waals surface area contributed by atoms with Gasteiger partial charge in [-0.2, -0.15) is 0 Å². The van der Waals surface area contributed by atoms with Crippen molar-refractivity contribution in [2.24, 2.45) is 0 Å². The molecule has 2 aromatic heterocycles. The van der Waals surface area contributed by atoms with Crippen LogP contribution in [0.15, 0.2) is 30.6 Å². The van der Waals surface area contributed by atoms with Crippen LogP contribution in [0.1, 0.15) is 5.69 Å². The Balaban J connectivity index is 2.23. The molecule has 0 spiro atoms. The average Bonchev–Trinajstić information content (AvgIpc) is 2.56. The Morgan fingerprint density at radius 3 is 2.87 bits per heavy atom. The van der Waals surface area contributed by atoms with Crippen molar-refractivity contribution in [2.45, 2.75) is 6.42 Å². The van der Waals surface area contributed by atoms with Crippen molar-refractivity contribution < 1.29 is 8.42 Å². The van der Waals surface area contributed by atoms with Gasteiger partial charge < -0.3 is 4.40 Å². The van der Waals surface area contributed by atoms with Crippen LogP contribution >= 0.6 is 10.7 Å². The molecule has 15 heavy (non-hydrogen) atoms. The summed E-state index contributed by atoms with van der Waals surface area (Å²) < 4.78 is 23.3. The van der Waals surface area contributed by atoms with Crippen LogP contribution in [0.25, 0.3) is 5.65 Å². The third kappa shape index (κ3) is 2.70. The molecule has 80 valence electrons. The van der Waals surface area contributed by atoms with Crippen LogP contribution in [0.2, 0.25) is 0 Å². The van der Waals surface area contributed by atoms with Gasteiger partial charge >= 0.3 is 0 Å². The molecule has 4 nitrogen and oxygen atoms in total. The van der Waals surface area contributed by atoms with Crippen molar-refractivity contribution in [1.29, 1.82) is 0 Å². The summed E-state index contributed by atoms with van der Waals surface area (Å²) in [7, 11) is 1.68. The zero-order valence-electron chi connectivity index (χ0n) is 7.80. The molecule has 0 saturated carbocycles. The first-order valence-electron chi connectivity index (χ1n) is 4.39. The predicted octanol–water partition coefficient (Wildman–Crippen LogP) is 1.45. The molecule has 0 unspecified atom stereocenters. The van der Waals surface area contributed by atoms with Crippen LogP contribution in [0, 0.1) is 0 Å². The van der Waals surface area contributed by atoms with E-state index in [4.69, 9.17) is 10.7 Å². The fraction of sp³-hybridized carbons (Fsp3) is 0.222. The Morgan fingerprint density at radius 2 is 2.20 bits per heavy atom. The molecule has 0 bridgehead atoms. The Hall–Kier alpha value is -1.07. The molecule has 0 atom stereocenters. The largest absolute Gasteiger partial charge is 0.307 e. The van der Waals surface area contributed by atoms with Gasteiger partial charge in [0, 0.05) is 29.5 Å². The molecule has 0 N–H and O–H groups in total. The summed E-state index contributed by atoms with van der Waals surface area (Å²) in [6, 6.07) is 5.62. The summed E-state index contributed by atoms with van der Waals surface area (Å²) in [5.41, 5.74) is 1.53. The zero-order valence-corrected chi connectivity index (χ0v) is 9.37. The second-order valence-corrected chi connectivity index (χ2v) is 6.09. The lowest BCUT2D eigenvalue weighted by Crippen LogP contribution is -2.00. The molecular formula is C9H9ClN2O2S. The third-order valence-corrected chi connectivity index (χ3v) is 3.17. The quantitative estimate of drug-likeness (QED) is 0.768. The number of fused-ring (bicyclic) bond motifs is 1. The summed E-state index contributed by atoms with van der Waals surface area (Å²) in [6.45, 7) is 0. The first-order chi connectivity index (χ1) is 7.04. The van der Waals surface area contributed by atoms with Crippen molar-refractivity contribution >= 4 is 25.4 Å². The molecule has 0 amide bonds. The van der Waals surface area contributed by atoms with E-state index in [1.807, 2.05) is 28.8 Å². The SMILES string of the molecule is O=S(=O)(Cl)CCc1cn2ccccc2n1. The van der Waals surface area contributed by atoms with Gasteiger partial charge in [0.15, 0.2) is 0 Å². The van der Waals surface area contributed by atoms with Crippen LogP contribution in [-0.4, -0.2) is 23.6 Å². The number of imidazole rings is 1. The highest BCUT2D eigenvalue weighted by molar-refractivity contribution is 8.13. The number of hydrogen-bond donors (Lipinski definition) is 0. The Morgan fingerprint density at radius 1 is 1.40 bits per heavy atom. The topological polar surface area (TPSA) is 51.4 Å². The number of pyridine rings is 1. The van der Waals surface area contributed by atoms with Gasteiger partial charge in [-0.25, -0.2) is 13.4 Å². The van der Waals surface area contributed by atoms with Gasteiger partial charge in [0.05, 0.1) is 11.4 Å². The summed E-state index contributed by atoms with van der Waals surface area (Å²) in [6.07, 6.45) is 4.01. The summed E-state index contributed by atoms with van der Waals surface area (Å²) >= 11 is 0. The monoisotopic (exact) mass is 244 g/mol. The van der Waals surface area contributed by atoms with E-state index in [0.717, 1.165) is 11.3 Å². The highest BCUT2D eigenvalue weighted by Crippen LogP contribution is 2.07. The van der Waals surface area contributed by atoms with Gasteiger partial charge in [0.1, 0.15) is 5.65 Å². The lowest BCUT2D eigenvalue weighted by atomic mass is 10.4. The van der Waals surface area contributed by atoms with E-state index in [0.29, 0.717) is 6.42 Å². The Bertz CT molecular complexity index is 544. The van der Waals surface area contributed by atoms with E-state index in [-0.39, 0.29) is 5.75 Å². The molecule has 2 heterocycles. The minimum atomic E-state index is -3.44. The van der Waals surface area contributed by atoms with Gasteiger partial charge in [-0.1, -0.05) is 6.07 Å². The van der Waals surface area contributed by atoms with E-state index in [9.17, 15) is 8.42 Å². The molecule has 0 aliphatic carbocycles. The normalized spacial score (nSPS) is 12.1. The van der Waals surface area contributed by atoms with Crippen LogP contribution in [0.4, 0.5) is 0 Å². The third-order valence-electron chi connectivity index (χ3n) is 2.02. The molecule has 0 aromatic carbocycles. The Labute approximate surface area is 91.9 Å². The van der Waals surface area contributed by atoms with Crippen LogP contribution < -0.4 is 0 Å². The molecule has 6 heteroatoms. The van der Waals surface area contributed by atoms with Gasteiger partial charge in [-0.15, -0.1) is 0 Å². The first-order valence-corrected chi connectivity index (χ1v) is 6.87. The first kappa shape index (κ1) is 10.4. The highest BCUT2D eigenvalue weighted by atomic mass is 35.7. The second-order valence-electron chi connectivity index (χ2n) is 3.19. The average molecular weight is 245 g/mol. The number of rotatable bonds is 3. The van der Waals surface area contributed by atoms with Crippen molar-refractivity contribution in [1.82, 2.24) is 9.38 Å². The smallest absolute Gasteiger partial charge is 0.232 e. The fourth-order valence-electron chi connectivity index (χ4n) is 1.33. The number of aryl methyl sites for hydroxylation is 1. The van der Waals surface area contributed by atoms with E-state index < -0.39 is 9.05 Å². The van der Waals surface area contributed by atoms with E-state index >= 15 is 0 Å². The minimum absolute atomic E-state index is 0.0849. The minimum Gasteiger partial charge on any atom is -0.307 e. The summed E-state index contributed by atoms with van der Waals surface area (Å²) in [5.74, 6) is -0.0849. The van der Waals surface area contributed by atoms with Gasteiger partial charge in [-0.3, -0.25) is 0 Å². The maximum Gasteiger partial charge on any atom is 0.232 e. The predicted molar refractivity (Wildman–Crippen MR) is 58.5 cm³/mol. The maximum atomic E-state index is 10.8. The van der Waals surface area contributed by atoms with Gasteiger partial charge in [0.25, 0.3) is 0 Å². The van der Waals surface area contributed by atoms with E-state index in [1.165, 1.54) is 0 Å². The Kier molecular flexibility index (Phi) is 2.67. The molecular weight excluding hydrogens is 236 g/mol. The van der Waals surface area contributed by atoms with Crippen LogP contribution in [0.3, 0.4) is 0 Å². The van der Waals surface area contributed by atoms with Crippen LogP contribution in [0.5, 0.6) is 0 Å². The van der Waals surface area contributed by atoms with Gasteiger partial charge in [-0.05, 0) is 12.1 Å². The molecule has 2 aromatic rings. The lowest BCUT2D eigenvalue weighted by Gasteiger charge is -1.91. The standard InChI is InChI=1S/C9H9ClN2O2S/c10-15(13,14)6-4-8-7-12-5-2-1-3-9(12)11-8/h1-3,5,7H,4,6H2. The van der Waals surface area contributed by atoms with Crippen molar-refractivity contribution in [3.8, 4) is 0 Å². The maximum absolute atomic E-state index is 10.8. The molecule has 0 fully saturated rings. The van der Waals surface area contributed by atoms with Crippen LogP contribution in [-0.2, 0) is 15.5 Å². The van der Waals surface area contributed by atoms with Gasteiger partial charge in [0.2, 0.25) is 9.05 Å². The van der Waals surface area contributed by atoms with Crippen molar-refractivity contribution in [2.75, 3.05) is 5.75 Å². The number of hydrogen-bond acceptors (Lipinski definition) is 3. The van der Waals surface area contributed by atoms with E-state index in [2.05, 4.69) is 4.98 Å². The molecule has 0 radical (unpaired) electrons. The molecule has 0 aliphatic heterocycles. The highest BCUT2D eigenvalue weighted by Gasteiger charge is 2.07. The number of aromatic nitrogens is 2. The van der Waals surface area contributed by atoms with Crippen molar-refractivity contribution in [3.63, 3.8) is 0 Å². The lowest BCUT2D eigenvalue weighted by molar-refractivity contribution is 0.608.